The van der Waals surface area contributed by atoms with E-state index in [1.807, 2.05) is 22.6 Å². The molecule has 0 aliphatic heterocycles. The standard InChI is InChI=1S/C13H8F4IN/c14-9-4-7(18)2-1-6(9)3-8-12(17)10(15)5-11(16)13(8)19/h1-2,4-5H,3,19H2. The summed E-state index contributed by atoms with van der Waals surface area (Å²) < 4.78 is 54.3. The quantitative estimate of drug-likeness (QED) is 0.362. The molecule has 0 saturated heterocycles. The van der Waals surface area contributed by atoms with Crippen molar-refractivity contribution < 1.29 is 17.6 Å². The van der Waals surface area contributed by atoms with Crippen molar-refractivity contribution in [2.75, 3.05) is 5.73 Å². The van der Waals surface area contributed by atoms with Gasteiger partial charge in [-0.2, -0.15) is 0 Å². The van der Waals surface area contributed by atoms with E-state index < -0.39 is 29.0 Å². The van der Waals surface area contributed by atoms with E-state index in [4.69, 9.17) is 5.73 Å². The lowest BCUT2D eigenvalue weighted by molar-refractivity contribution is 0.488. The summed E-state index contributed by atoms with van der Waals surface area (Å²) in [4.78, 5) is 0. The molecule has 0 aromatic heterocycles. The van der Waals surface area contributed by atoms with Gasteiger partial charge in [-0.3, -0.25) is 0 Å². The summed E-state index contributed by atoms with van der Waals surface area (Å²) in [5, 5.41) is 0. The van der Waals surface area contributed by atoms with Crippen molar-refractivity contribution in [2.45, 2.75) is 6.42 Å². The molecular weight excluding hydrogens is 373 g/mol. The molecule has 2 aromatic carbocycles. The van der Waals surface area contributed by atoms with Crippen LogP contribution in [0, 0.1) is 26.8 Å². The first-order valence-electron chi connectivity index (χ1n) is 5.26. The van der Waals surface area contributed by atoms with Crippen LogP contribution in [0.2, 0.25) is 0 Å². The van der Waals surface area contributed by atoms with Gasteiger partial charge in [-0.15, -0.1) is 0 Å². The molecule has 0 amide bonds. The summed E-state index contributed by atoms with van der Waals surface area (Å²) in [6, 6.07) is 4.67. The molecule has 0 heterocycles. The van der Waals surface area contributed by atoms with Crippen LogP contribution in [0.25, 0.3) is 0 Å². The van der Waals surface area contributed by atoms with Crippen molar-refractivity contribution in [3.05, 3.63) is 62.2 Å². The van der Waals surface area contributed by atoms with Crippen LogP contribution < -0.4 is 5.73 Å². The van der Waals surface area contributed by atoms with E-state index in [0.29, 0.717) is 9.64 Å². The monoisotopic (exact) mass is 381 g/mol. The highest BCUT2D eigenvalue weighted by Crippen LogP contribution is 2.26. The van der Waals surface area contributed by atoms with Crippen LogP contribution in [-0.2, 0) is 6.42 Å². The van der Waals surface area contributed by atoms with Crippen LogP contribution in [0.3, 0.4) is 0 Å². The Kier molecular flexibility index (Phi) is 3.98. The van der Waals surface area contributed by atoms with Crippen LogP contribution in [0.1, 0.15) is 11.1 Å². The molecule has 0 aliphatic carbocycles. The number of nitrogens with two attached hydrogens (primary N) is 1. The van der Waals surface area contributed by atoms with Gasteiger partial charge in [-0.1, -0.05) is 6.07 Å². The molecule has 6 heteroatoms. The van der Waals surface area contributed by atoms with E-state index in [1.54, 1.807) is 6.07 Å². The van der Waals surface area contributed by atoms with E-state index in [1.165, 1.54) is 12.1 Å². The average Bonchev–Trinajstić information content (AvgIpc) is 2.34. The normalized spacial score (nSPS) is 10.8. The minimum absolute atomic E-state index is 0.121. The number of anilines is 1. The number of hydrogen-bond donors (Lipinski definition) is 1. The molecule has 1 nitrogen and oxygen atoms in total. The van der Waals surface area contributed by atoms with E-state index in [0.717, 1.165) is 0 Å². The van der Waals surface area contributed by atoms with Crippen LogP contribution >= 0.6 is 22.6 Å². The second-order valence-corrected chi connectivity index (χ2v) is 5.20. The first-order valence-corrected chi connectivity index (χ1v) is 6.33. The lowest BCUT2D eigenvalue weighted by Crippen LogP contribution is -2.06. The molecule has 0 aliphatic rings. The predicted molar refractivity (Wildman–Crippen MR) is 72.7 cm³/mol. The van der Waals surface area contributed by atoms with Gasteiger partial charge in [0.25, 0.3) is 0 Å². The molecule has 0 atom stereocenters. The average molecular weight is 381 g/mol. The zero-order valence-electron chi connectivity index (χ0n) is 9.48. The lowest BCUT2D eigenvalue weighted by Gasteiger charge is -2.10. The van der Waals surface area contributed by atoms with Gasteiger partial charge in [0.1, 0.15) is 11.6 Å². The largest absolute Gasteiger partial charge is 0.396 e. The van der Waals surface area contributed by atoms with E-state index in [2.05, 4.69) is 0 Å². The molecule has 0 radical (unpaired) electrons. The summed E-state index contributed by atoms with van der Waals surface area (Å²) in [7, 11) is 0. The minimum Gasteiger partial charge on any atom is -0.396 e. The van der Waals surface area contributed by atoms with E-state index >= 15 is 0 Å². The number of rotatable bonds is 2. The Bertz CT molecular complexity index is 617. The van der Waals surface area contributed by atoms with Crippen molar-refractivity contribution in [2.24, 2.45) is 0 Å². The summed E-state index contributed by atoms with van der Waals surface area (Å²) in [5.74, 6) is -4.22. The Labute approximate surface area is 120 Å². The van der Waals surface area contributed by atoms with Crippen molar-refractivity contribution in [1.29, 1.82) is 0 Å². The van der Waals surface area contributed by atoms with Crippen molar-refractivity contribution in [3.63, 3.8) is 0 Å². The van der Waals surface area contributed by atoms with Crippen LogP contribution in [-0.4, -0.2) is 0 Å². The Morgan fingerprint density at radius 3 is 2.26 bits per heavy atom. The number of benzene rings is 2. The summed E-state index contributed by atoms with van der Waals surface area (Å²) in [6.07, 6.45) is -0.310. The smallest absolute Gasteiger partial charge is 0.164 e. The third-order valence-corrected chi connectivity index (χ3v) is 3.36. The Morgan fingerprint density at radius 2 is 1.63 bits per heavy atom. The zero-order valence-corrected chi connectivity index (χ0v) is 11.6. The molecule has 0 spiro atoms. The topological polar surface area (TPSA) is 26.0 Å². The van der Waals surface area contributed by atoms with Crippen molar-refractivity contribution in [3.8, 4) is 0 Å². The fraction of sp³-hybridized carbons (Fsp3) is 0.0769. The number of hydrogen-bond acceptors (Lipinski definition) is 1. The minimum atomic E-state index is -1.34. The van der Waals surface area contributed by atoms with Gasteiger partial charge in [-0.25, -0.2) is 17.6 Å². The van der Waals surface area contributed by atoms with Crippen molar-refractivity contribution >= 4 is 28.3 Å². The van der Waals surface area contributed by atoms with Crippen LogP contribution in [0.4, 0.5) is 23.2 Å². The van der Waals surface area contributed by atoms with Crippen LogP contribution in [0.15, 0.2) is 24.3 Å². The number of halogens is 5. The Morgan fingerprint density at radius 1 is 0.947 bits per heavy atom. The first kappa shape index (κ1) is 14.1. The van der Waals surface area contributed by atoms with Crippen LogP contribution in [0.5, 0.6) is 0 Å². The SMILES string of the molecule is Nc1c(F)cc(F)c(F)c1Cc1ccc(I)cc1F. The molecular formula is C13H8F4IN. The van der Waals surface area contributed by atoms with Gasteiger partial charge in [0.15, 0.2) is 11.6 Å². The van der Waals surface area contributed by atoms with Gasteiger partial charge in [0.2, 0.25) is 0 Å². The maximum absolute atomic E-state index is 13.6. The summed E-state index contributed by atoms with van der Waals surface area (Å²) in [5.41, 5.74) is 4.62. The van der Waals surface area contributed by atoms with Gasteiger partial charge in [0, 0.05) is 21.6 Å². The molecule has 0 bridgehead atoms. The fourth-order valence-corrected chi connectivity index (χ4v) is 2.14. The molecule has 2 aromatic rings. The molecule has 19 heavy (non-hydrogen) atoms. The maximum Gasteiger partial charge on any atom is 0.164 e. The van der Waals surface area contributed by atoms with E-state index in [-0.39, 0.29) is 17.5 Å². The third-order valence-electron chi connectivity index (χ3n) is 2.69. The first-order chi connectivity index (χ1) is 8.90. The molecule has 0 unspecified atom stereocenters. The highest BCUT2D eigenvalue weighted by molar-refractivity contribution is 14.1. The Balaban J connectivity index is 2.49. The predicted octanol–water partition coefficient (Wildman–Crippen LogP) is 4.02. The van der Waals surface area contributed by atoms with Gasteiger partial charge >= 0.3 is 0 Å². The second kappa shape index (κ2) is 5.36. The van der Waals surface area contributed by atoms with Crippen molar-refractivity contribution in [1.82, 2.24) is 0 Å². The number of nitrogen functional groups attached to an aromatic ring is 1. The van der Waals surface area contributed by atoms with Gasteiger partial charge < -0.3 is 5.73 Å². The Hall–Kier alpha value is -1.31. The zero-order chi connectivity index (χ0) is 14.2. The maximum atomic E-state index is 13.6. The summed E-state index contributed by atoms with van der Waals surface area (Å²) >= 11 is 1.92. The molecule has 2 rings (SSSR count). The third kappa shape index (κ3) is 2.83. The lowest BCUT2D eigenvalue weighted by atomic mass is 10.0. The highest BCUT2D eigenvalue weighted by atomic mass is 127. The molecule has 2 N–H and O–H groups in total. The van der Waals surface area contributed by atoms with Gasteiger partial charge in [-0.05, 0) is 40.3 Å². The molecule has 0 fully saturated rings. The fourth-order valence-electron chi connectivity index (χ4n) is 1.69. The molecule has 100 valence electrons. The van der Waals surface area contributed by atoms with E-state index in [9.17, 15) is 17.6 Å². The summed E-state index contributed by atoms with van der Waals surface area (Å²) in [6.45, 7) is 0. The second-order valence-electron chi connectivity index (χ2n) is 3.96. The highest BCUT2D eigenvalue weighted by Gasteiger charge is 2.18. The van der Waals surface area contributed by atoms with Gasteiger partial charge in [0.05, 0.1) is 5.69 Å². The molecule has 0 saturated carbocycles.